The Morgan fingerprint density at radius 2 is 1.65 bits per heavy atom. The molecule has 1 aromatic carbocycles. The molecule has 110 valence electrons. The Hall–Kier alpha value is -1.35. The van der Waals surface area contributed by atoms with Crippen molar-refractivity contribution in [3.05, 3.63) is 28.8 Å². The molecule has 1 aliphatic rings. The van der Waals surface area contributed by atoms with E-state index in [2.05, 4.69) is 6.92 Å². The van der Waals surface area contributed by atoms with Crippen LogP contribution in [0.15, 0.2) is 12.1 Å². The van der Waals surface area contributed by atoms with Crippen LogP contribution in [0.25, 0.3) is 0 Å². The molecule has 0 radical (unpaired) electrons. The summed E-state index contributed by atoms with van der Waals surface area (Å²) in [6.07, 6.45) is 0.120. The molecule has 0 aliphatic carbocycles. The smallest absolute Gasteiger partial charge is 0.168 e. The molecular weight excluding hydrogens is 252 g/mol. The molecule has 0 amide bonds. The minimum Gasteiger partial charge on any atom is -0.496 e. The molecule has 0 aromatic heterocycles. The van der Waals surface area contributed by atoms with Gasteiger partial charge in [0.15, 0.2) is 5.78 Å². The van der Waals surface area contributed by atoms with Crippen LogP contribution in [-0.4, -0.2) is 25.1 Å². The summed E-state index contributed by atoms with van der Waals surface area (Å²) in [5.74, 6) is 1.24. The third-order valence-electron chi connectivity index (χ3n) is 4.49. The number of hydrogen-bond donors (Lipinski definition) is 0. The molecule has 1 heterocycles. The molecule has 2 rings (SSSR count). The van der Waals surface area contributed by atoms with Gasteiger partial charge < -0.3 is 9.47 Å². The Bertz CT molecular complexity index is 498. The first kappa shape index (κ1) is 15.0. The molecule has 0 spiro atoms. The second kappa shape index (κ2) is 5.57. The lowest BCUT2D eigenvalue weighted by molar-refractivity contribution is 0.0491. The maximum Gasteiger partial charge on any atom is 0.168 e. The van der Waals surface area contributed by atoms with Crippen molar-refractivity contribution < 1.29 is 14.3 Å². The summed E-state index contributed by atoms with van der Waals surface area (Å²) in [5.41, 5.74) is 2.77. The van der Waals surface area contributed by atoms with Crippen molar-refractivity contribution in [1.82, 2.24) is 0 Å². The number of ketones is 1. The van der Waals surface area contributed by atoms with Crippen molar-refractivity contribution in [2.75, 3.05) is 7.11 Å². The minimum atomic E-state index is -0.0582. The van der Waals surface area contributed by atoms with Crippen LogP contribution in [0.3, 0.4) is 0 Å². The van der Waals surface area contributed by atoms with Gasteiger partial charge >= 0.3 is 0 Å². The SMILES string of the molecule is COc1c(C)cc(C(=O)C2C(C)OC(C)C2C)cc1C. The highest BCUT2D eigenvalue weighted by Crippen LogP contribution is 2.35. The fourth-order valence-electron chi connectivity index (χ4n) is 3.33. The summed E-state index contributed by atoms with van der Waals surface area (Å²) in [4.78, 5) is 12.8. The number of methoxy groups -OCH3 is 1. The zero-order valence-corrected chi connectivity index (χ0v) is 13.2. The minimum absolute atomic E-state index is 0.0183. The summed E-state index contributed by atoms with van der Waals surface area (Å²) in [7, 11) is 1.66. The average molecular weight is 276 g/mol. The van der Waals surface area contributed by atoms with E-state index in [4.69, 9.17) is 9.47 Å². The number of carbonyl (C=O) groups is 1. The van der Waals surface area contributed by atoms with Gasteiger partial charge in [-0.3, -0.25) is 4.79 Å². The molecule has 0 saturated carbocycles. The summed E-state index contributed by atoms with van der Waals surface area (Å²) in [6.45, 7) is 10.1. The molecule has 20 heavy (non-hydrogen) atoms. The molecule has 0 bridgehead atoms. The number of carbonyl (C=O) groups excluding carboxylic acids is 1. The first-order valence-electron chi connectivity index (χ1n) is 7.21. The van der Waals surface area contributed by atoms with Gasteiger partial charge in [-0.1, -0.05) is 6.92 Å². The lowest BCUT2D eigenvalue weighted by atomic mass is 9.83. The van der Waals surface area contributed by atoms with E-state index in [1.807, 2.05) is 39.8 Å². The summed E-state index contributed by atoms with van der Waals surface area (Å²) in [6, 6.07) is 3.85. The van der Waals surface area contributed by atoms with Crippen molar-refractivity contribution in [2.45, 2.75) is 46.8 Å². The molecule has 1 aromatic rings. The van der Waals surface area contributed by atoms with E-state index in [9.17, 15) is 4.79 Å². The molecule has 4 atom stereocenters. The van der Waals surface area contributed by atoms with E-state index in [0.29, 0.717) is 0 Å². The Kier molecular flexibility index (Phi) is 4.19. The number of rotatable bonds is 3. The fraction of sp³-hybridized carbons (Fsp3) is 0.588. The second-order valence-electron chi connectivity index (χ2n) is 5.94. The van der Waals surface area contributed by atoms with Crippen LogP contribution in [0.5, 0.6) is 5.75 Å². The summed E-state index contributed by atoms with van der Waals surface area (Å²) in [5, 5.41) is 0. The van der Waals surface area contributed by atoms with Crippen molar-refractivity contribution in [3.63, 3.8) is 0 Å². The van der Waals surface area contributed by atoms with Crippen LogP contribution >= 0.6 is 0 Å². The zero-order valence-electron chi connectivity index (χ0n) is 13.2. The molecule has 4 unspecified atom stereocenters. The Balaban J connectivity index is 2.35. The molecule has 1 saturated heterocycles. The molecule has 3 heteroatoms. The predicted octanol–water partition coefficient (Wildman–Crippen LogP) is 3.55. The number of benzene rings is 1. The standard InChI is InChI=1S/C17H24O3/c1-9-7-14(8-10(2)17(9)19-6)16(18)15-11(3)12(4)20-13(15)5/h7-8,11-13,15H,1-6H3. The molecule has 1 fully saturated rings. The van der Waals surface area contributed by atoms with Gasteiger partial charge in [0.1, 0.15) is 5.75 Å². The summed E-state index contributed by atoms with van der Waals surface area (Å²) < 4.78 is 11.1. The van der Waals surface area contributed by atoms with Gasteiger partial charge in [0.05, 0.1) is 25.2 Å². The van der Waals surface area contributed by atoms with Crippen LogP contribution < -0.4 is 4.74 Å². The number of Topliss-reactive ketones (excluding diaryl/α,β-unsaturated/α-hetero) is 1. The molecule has 0 N–H and O–H groups in total. The van der Waals surface area contributed by atoms with E-state index in [1.165, 1.54) is 0 Å². The van der Waals surface area contributed by atoms with Crippen molar-refractivity contribution in [2.24, 2.45) is 11.8 Å². The maximum absolute atomic E-state index is 12.8. The quantitative estimate of drug-likeness (QED) is 0.792. The third kappa shape index (κ3) is 2.47. The van der Waals surface area contributed by atoms with Crippen LogP contribution in [-0.2, 0) is 4.74 Å². The predicted molar refractivity (Wildman–Crippen MR) is 79.5 cm³/mol. The second-order valence-corrected chi connectivity index (χ2v) is 5.94. The van der Waals surface area contributed by atoms with E-state index in [-0.39, 0.29) is 29.8 Å². The van der Waals surface area contributed by atoms with E-state index in [1.54, 1.807) is 7.11 Å². The Morgan fingerprint density at radius 1 is 1.10 bits per heavy atom. The van der Waals surface area contributed by atoms with Crippen molar-refractivity contribution >= 4 is 5.78 Å². The normalized spacial score (nSPS) is 29.5. The summed E-state index contributed by atoms with van der Waals surface area (Å²) >= 11 is 0. The lowest BCUT2D eigenvalue weighted by Crippen LogP contribution is -2.27. The van der Waals surface area contributed by atoms with Gasteiger partial charge in [0, 0.05) is 5.56 Å². The van der Waals surface area contributed by atoms with E-state index in [0.717, 1.165) is 22.4 Å². The molecule has 3 nitrogen and oxygen atoms in total. The largest absolute Gasteiger partial charge is 0.496 e. The van der Waals surface area contributed by atoms with Gasteiger partial charge in [0.2, 0.25) is 0 Å². The highest BCUT2D eigenvalue weighted by molar-refractivity contribution is 5.99. The van der Waals surface area contributed by atoms with Gasteiger partial charge in [-0.2, -0.15) is 0 Å². The number of aryl methyl sites for hydroxylation is 2. The van der Waals surface area contributed by atoms with E-state index >= 15 is 0 Å². The monoisotopic (exact) mass is 276 g/mol. The number of ether oxygens (including phenoxy) is 2. The van der Waals surface area contributed by atoms with Gasteiger partial charge in [0.25, 0.3) is 0 Å². The van der Waals surface area contributed by atoms with Crippen LogP contribution in [0.4, 0.5) is 0 Å². The molecular formula is C17H24O3. The Morgan fingerprint density at radius 3 is 2.05 bits per heavy atom. The van der Waals surface area contributed by atoms with Gasteiger partial charge in [-0.05, 0) is 56.9 Å². The highest BCUT2D eigenvalue weighted by Gasteiger charge is 2.41. The third-order valence-corrected chi connectivity index (χ3v) is 4.49. The van der Waals surface area contributed by atoms with Crippen LogP contribution in [0.1, 0.15) is 42.3 Å². The number of hydrogen-bond acceptors (Lipinski definition) is 3. The van der Waals surface area contributed by atoms with Gasteiger partial charge in [-0.25, -0.2) is 0 Å². The first-order valence-corrected chi connectivity index (χ1v) is 7.21. The lowest BCUT2D eigenvalue weighted by Gasteiger charge is -2.18. The zero-order chi connectivity index (χ0) is 15.0. The Labute approximate surface area is 121 Å². The van der Waals surface area contributed by atoms with Crippen LogP contribution in [0, 0.1) is 25.7 Å². The fourth-order valence-corrected chi connectivity index (χ4v) is 3.33. The topological polar surface area (TPSA) is 35.5 Å². The van der Waals surface area contributed by atoms with E-state index < -0.39 is 0 Å². The average Bonchev–Trinajstić information content (AvgIpc) is 2.62. The van der Waals surface area contributed by atoms with Gasteiger partial charge in [-0.15, -0.1) is 0 Å². The first-order chi connectivity index (χ1) is 9.36. The van der Waals surface area contributed by atoms with Crippen LogP contribution in [0.2, 0.25) is 0 Å². The molecule has 1 aliphatic heterocycles. The maximum atomic E-state index is 12.8. The van der Waals surface area contributed by atoms with Crippen molar-refractivity contribution in [3.8, 4) is 5.75 Å². The highest BCUT2D eigenvalue weighted by atomic mass is 16.5. The van der Waals surface area contributed by atoms with Crippen molar-refractivity contribution in [1.29, 1.82) is 0 Å².